The lowest BCUT2D eigenvalue weighted by molar-refractivity contribution is -0.131. The summed E-state index contributed by atoms with van der Waals surface area (Å²) in [6, 6.07) is 7.88. The van der Waals surface area contributed by atoms with Gasteiger partial charge in [-0.05, 0) is 31.0 Å². The second-order valence-corrected chi connectivity index (χ2v) is 6.04. The Morgan fingerprint density at radius 1 is 1.29 bits per heavy atom. The van der Waals surface area contributed by atoms with Gasteiger partial charge < -0.3 is 10.2 Å². The van der Waals surface area contributed by atoms with E-state index in [2.05, 4.69) is 21.2 Å². The number of nitrogens with zero attached hydrogens (tertiary/aromatic N) is 1. The van der Waals surface area contributed by atoms with Gasteiger partial charge >= 0.3 is 0 Å². The molecule has 1 atom stereocenters. The molecule has 1 rings (SSSR count). The fourth-order valence-electron chi connectivity index (χ4n) is 2.07. The zero-order valence-corrected chi connectivity index (χ0v) is 14.4. The smallest absolute Gasteiger partial charge is 0.224 e. The summed E-state index contributed by atoms with van der Waals surface area (Å²) in [5.41, 5.74) is 0.973. The molecule has 0 heterocycles. The van der Waals surface area contributed by atoms with Crippen LogP contribution in [0.3, 0.4) is 0 Å². The molecule has 0 saturated heterocycles. The molecular weight excluding hydrogens is 332 g/mol. The van der Waals surface area contributed by atoms with E-state index in [4.69, 9.17) is 0 Å². The number of halogens is 1. The number of carbonyl (C=O) groups excluding carboxylic acids is 2. The van der Waals surface area contributed by atoms with E-state index in [1.807, 2.05) is 38.1 Å². The van der Waals surface area contributed by atoms with E-state index in [-0.39, 0.29) is 17.9 Å². The van der Waals surface area contributed by atoms with E-state index in [0.29, 0.717) is 19.5 Å². The molecule has 0 saturated carbocycles. The third-order valence-electron chi connectivity index (χ3n) is 3.48. The van der Waals surface area contributed by atoms with Gasteiger partial charge in [0, 0.05) is 30.5 Å². The molecule has 4 nitrogen and oxygen atoms in total. The third kappa shape index (κ3) is 6.29. The first-order valence-electron chi connectivity index (χ1n) is 7.22. The van der Waals surface area contributed by atoms with Gasteiger partial charge in [0.15, 0.2) is 0 Å². The first-order valence-corrected chi connectivity index (χ1v) is 8.01. The Hall–Kier alpha value is -1.36. The maximum atomic E-state index is 11.9. The summed E-state index contributed by atoms with van der Waals surface area (Å²) < 4.78 is 0.998. The van der Waals surface area contributed by atoms with Crippen LogP contribution in [0.5, 0.6) is 0 Å². The van der Waals surface area contributed by atoms with E-state index in [9.17, 15) is 9.59 Å². The molecule has 0 aromatic heterocycles. The third-order valence-corrected chi connectivity index (χ3v) is 4.01. The van der Waals surface area contributed by atoms with Gasteiger partial charge in [-0.2, -0.15) is 0 Å². The van der Waals surface area contributed by atoms with E-state index in [1.54, 1.807) is 11.8 Å². The summed E-state index contributed by atoms with van der Waals surface area (Å²) >= 11 is 3.37. The molecule has 21 heavy (non-hydrogen) atoms. The Labute approximate surface area is 135 Å². The van der Waals surface area contributed by atoms with Crippen molar-refractivity contribution in [3.63, 3.8) is 0 Å². The maximum Gasteiger partial charge on any atom is 0.224 e. The summed E-state index contributed by atoms with van der Waals surface area (Å²) in [6.07, 6.45) is 1.27. The lowest BCUT2D eigenvalue weighted by Crippen LogP contribution is -2.42. The van der Waals surface area contributed by atoms with E-state index >= 15 is 0 Å². The van der Waals surface area contributed by atoms with Crippen molar-refractivity contribution in [1.29, 1.82) is 0 Å². The molecule has 1 aromatic rings. The van der Waals surface area contributed by atoms with Crippen LogP contribution in [-0.4, -0.2) is 35.8 Å². The minimum Gasteiger partial charge on any atom is -0.354 e. The average molecular weight is 355 g/mol. The van der Waals surface area contributed by atoms with E-state index in [1.165, 1.54) is 0 Å². The van der Waals surface area contributed by atoms with Gasteiger partial charge in [-0.1, -0.05) is 35.0 Å². The predicted molar refractivity (Wildman–Crippen MR) is 88.0 cm³/mol. The number of amides is 2. The largest absolute Gasteiger partial charge is 0.354 e. The van der Waals surface area contributed by atoms with Gasteiger partial charge in [0.05, 0.1) is 6.42 Å². The molecule has 0 aliphatic heterocycles. The summed E-state index contributed by atoms with van der Waals surface area (Å²) in [5.74, 6) is 0.0245. The zero-order chi connectivity index (χ0) is 15.8. The second kappa shape index (κ2) is 8.82. The lowest BCUT2D eigenvalue weighted by atomic mass is 10.1. The van der Waals surface area contributed by atoms with E-state index in [0.717, 1.165) is 16.5 Å². The van der Waals surface area contributed by atoms with Crippen LogP contribution >= 0.6 is 15.9 Å². The van der Waals surface area contributed by atoms with Crippen LogP contribution in [0.1, 0.15) is 32.8 Å². The summed E-state index contributed by atoms with van der Waals surface area (Å²) in [4.78, 5) is 25.2. The number of hydrogen-bond acceptors (Lipinski definition) is 2. The molecule has 0 fully saturated rings. The molecule has 1 aromatic carbocycles. The first kappa shape index (κ1) is 17.7. The summed E-state index contributed by atoms with van der Waals surface area (Å²) in [7, 11) is 0. The quantitative estimate of drug-likeness (QED) is 0.818. The molecule has 1 N–H and O–H groups in total. The van der Waals surface area contributed by atoms with Crippen LogP contribution in [0.2, 0.25) is 0 Å². The SMILES string of the molecule is CCC(C)N(CCNC(=O)Cc1ccc(Br)cc1)C(C)=O. The Morgan fingerprint density at radius 2 is 1.90 bits per heavy atom. The molecule has 5 heteroatoms. The molecule has 0 bridgehead atoms. The predicted octanol–water partition coefficient (Wildman–Crippen LogP) is 2.75. The second-order valence-electron chi connectivity index (χ2n) is 5.12. The van der Waals surface area contributed by atoms with E-state index < -0.39 is 0 Å². The number of benzene rings is 1. The summed E-state index contributed by atoms with van der Waals surface area (Å²) in [5, 5.41) is 2.87. The molecule has 0 aliphatic carbocycles. The lowest BCUT2D eigenvalue weighted by Gasteiger charge is -2.27. The number of rotatable bonds is 7. The van der Waals surface area contributed by atoms with Crippen molar-refractivity contribution in [2.24, 2.45) is 0 Å². The minimum absolute atomic E-state index is 0.0232. The Kier molecular flexibility index (Phi) is 7.43. The molecule has 2 amide bonds. The molecule has 1 unspecified atom stereocenters. The van der Waals surface area contributed by atoms with Crippen LogP contribution in [0, 0.1) is 0 Å². The van der Waals surface area contributed by atoms with Crippen molar-refractivity contribution in [3.05, 3.63) is 34.3 Å². The van der Waals surface area contributed by atoms with Gasteiger partial charge in [0.1, 0.15) is 0 Å². The first-order chi connectivity index (χ1) is 9.93. The molecule has 116 valence electrons. The number of hydrogen-bond donors (Lipinski definition) is 1. The molecule has 0 spiro atoms. The van der Waals surface area contributed by atoms with Crippen LogP contribution in [0.4, 0.5) is 0 Å². The van der Waals surface area contributed by atoms with Gasteiger partial charge in [0.25, 0.3) is 0 Å². The van der Waals surface area contributed by atoms with Crippen molar-refractivity contribution in [1.82, 2.24) is 10.2 Å². The molecule has 0 radical (unpaired) electrons. The monoisotopic (exact) mass is 354 g/mol. The Morgan fingerprint density at radius 3 is 2.43 bits per heavy atom. The van der Waals surface area contributed by atoms with Crippen LogP contribution in [-0.2, 0) is 16.0 Å². The van der Waals surface area contributed by atoms with Crippen LogP contribution < -0.4 is 5.32 Å². The average Bonchev–Trinajstić information content (AvgIpc) is 2.45. The highest BCUT2D eigenvalue weighted by atomic mass is 79.9. The van der Waals surface area contributed by atoms with Gasteiger partial charge in [0.2, 0.25) is 11.8 Å². The van der Waals surface area contributed by atoms with Gasteiger partial charge in [-0.25, -0.2) is 0 Å². The fraction of sp³-hybridized carbons (Fsp3) is 0.500. The minimum atomic E-state index is -0.0232. The zero-order valence-electron chi connectivity index (χ0n) is 12.9. The van der Waals surface area contributed by atoms with Crippen LogP contribution in [0.15, 0.2) is 28.7 Å². The highest BCUT2D eigenvalue weighted by Crippen LogP contribution is 2.10. The Balaban J connectivity index is 2.38. The van der Waals surface area contributed by atoms with Crippen molar-refractivity contribution >= 4 is 27.7 Å². The normalized spacial score (nSPS) is 11.8. The van der Waals surface area contributed by atoms with Crippen molar-refractivity contribution in [2.75, 3.05) is 13.1 Å². The Bertz CT molecular complexity index is 474. The highest BCUT2D eigenvalue weighted by molar-refractivity contribution is 9.10. The van der Waals surface area contributed by atoms with Crippen molar-refractivity contribution < 1.29 is 9.59 Å². The summed E-state index contributed by atoms with van der Waals surface area (Å²) in [6.45, 7) is 6.67. The number of nitrogens with one attached hydrogen (secondary N) is 1. The van der Waals surface area contributed by atoms with Crippen LogP contribution in [0.25, 0.3) is 0 Å². The topological polar surface area (TPSA) is 49.4 Å². The maximum absolute atomic E-state index is 11.9. The van der Waals surface area contributed by atoms with Crippen molar-refractivity contribution in [2.45, 2.75) is 39.7 Å². The standard InChI is InChI=1S/C16H23BrN2O2/c1-4-12(2)19(13(3)20)10-9-18-16(21)11-14-5-7-15(17)8-6-14/h5-8,12H,4,9-11H2,1-3H3,(H,18,21). The highest BCUT2D eigenvalue weighted by Gasteiger charge is 2.14. The van der Waals surface area contributed by atoms with Gasteiger partial charge in [-0.3, -0.25) is 9.59 Å². The fourth-order valence-corrected chi connectivity index (χ4v) is 2.34. The molecular formula is C16H23BrN2O2. The number of carbonyl (C=O) groups is 2. The van der Waals surface area contributed by atoms with Gasteiger partial charge in [-0.15, -0.1) is 0 Å². The molecule has 0 aliphatic rings. The van der Waals surface area contributed by atoms with Crippen molar-refractivity contribution in [3.8, 4) is 0 Å².